The van der Waals surface area contributed by atoms with Gasteiger partial charge in [-0.15, -0.1) is 0 Å². The number of allylic oxidation sites excluding steroid dienone is 4. The highest BCUT2D eigenvalue weighted by Gasteiger charge is 2.27. The van der Waals surface area contributed by atoms with Gasteiger partial charge in [0.15, 0.2) is 6.10 Å². The van der Waals surface area contributed by atoms with Crippen molar-refractivity contribution in [2.24, 2.45) is 0 Å². The molecule has 0 spiro atoms. The van der Waals surface area contributed by atoms with Gasteiger partial charge >= 0.3 is 19.8 Å². The standard InChI is InChI=1S/C44H84NO8P/c1-6-8-10-12-14-16-18-20-22-24-26-28-30-32-34-36-43(46)50-40-42(41-52-54(48,49)51-39-38-45(3,4)5)53-44(47)37-35-33-31-29-27-25-23-21-19-17-15-13-11-9-7-2/h22-25,42H,6-21,26-41H2,1-5H3/p+1/b24-22+,25-23+/t42-/m1/s1. The predicted molar refractivity (Wildman–Crippen MR) is 224 cm³/mol. The molecule has 54 heavy (non-hydrogen) atoms. The smallest absolute Gasteiger partial charge is 0.462 e. The third-order valence-electron chi connectivity index (χ3n) is 9.45. The highest BCUT2D eigenvalue weighted by Crippen LogP contribution is 2.43. The van der Waals surface area contributed by atoms with Crippen LogP contribution in [0.1, 0.15) is 194 Å². The van der Waals surface area contributed by atoms with Gasteiger partial charge in [-0.1, -0.05) is 141 Å². The molecule has 1 unspecified atom stereocenters. The van der Waals surface area contributed by atoms with Crippen LogP contribution in [-0.2, 0) is 32.7 Å². The van der Waals surface area contributed by atoms with Crippen molar-refractivity contribution < 1.29 is 42.1 Å². The second-order valence-corrected chi connectivity index (χ2v) is 17.5. The number of unbranched alkanes of at least 4 members (excludes halogenated alkanes) is 22. The fourth-order valence-corrected chi connectivity index (χ4v) is 6.69. The number of ether oxygens (including phenoxy) is 2. The van der Waals surface area contributed by atoms with Gasteiger partial charge in [-0.05, 0) is 64.2 Å². The van der Waals surface area contributed by atoms with E-state index in [-0.39, 0.29) is 32.0 Å². The van der Waals surface area contributed by atoms with Crippen LogP contribution in [0.3, 0.4) is 0 Å². The molecule has 0 fully saturated rings. The van der Waals surface area contributed by atoms with Gasteiger partial charge < -0.3 is 18.9 Å². The topological polar surface area (TPSA) is 108 Å². The molecule has 10 heteroatoms. The fourth-order valence-electron chi connectivity index (χ4n) is 5.94. The minimum Gasteiger partial charge on any atom is -0.462 e. The molecule has 9 nitrogen and oxygen atoms in total. The maximum Gasteiger partial charge on any atom is 0.472 e. The van der Waals surface area contributed by atoms with Crippen LogP contribution in [0.2, 0.25) is 0 Å². The molecule has 0 rings (SSSR count). The first kappa shape index (κ1) is 52.5. The van der Waals surface area contributed by atoms with Gasteiger partial charge in [0.1, 0.15) is 19.8 Å². The molecule has 0 heterocycles. The summed E-state index contributed by atoms with van der Waals surface area (Å²) >= 11 is 0. The number of esters is 2. The Morgan fingerprint density at radius 3 is 1.37 bits per heavy atom. The monoisotopic (exact) mass is 787 g/mol. The summed E-state index contributed by atoms with van der Waals surface area (Å²) < 4.78 is 34.3. The Balaban J connectivity index is 4.39. The van der Waals surface area contributed by atoms with Crippen LogP contribution in [0.5, 0.6) is 0 Å². The Morgan fingerprint density at radius 1 is 0.556 bits per heavy atom. The van der Waals surface area contributed by atoms with Crippen LogP contribution in [0.15, 0.2) is 24.3 Å². The SMILES string of the molecule is CCCCCCCCC/C=C/CCCCCCC(=O)OC[C@H](COP(=O)(O)OCC[N+](C)(C)C)OC(=O)CCCCCC/C=C/CCCCCCCCC. The van der Waals surface area contributed by atoms with Crippen molar-refractivity contribution in [3.05, 3.63) is 24.3 Å². The maximum atomic E-state index is 12.7. The number of carbonyl (C=O) groups excluding carboxylic acids is 2. The summed E-state index contributed by atoms with van der Waals surface area (Å²) in [4.78, 5) is 35.3. The predicted octanol–water partition coefficient (Wildman–Crippen LogP) is 12.4. The minimum absolute atomic E-state index is 0.0290. The first-order valence-electron chi connectivity index (χ1n) is 22.1. The molecule has 0 aliphatic rings. The lowest BCUT2D eigenvalue weighted by Crippen LogP contribution is -2.37. The number of nitrogens with zero attached hydrogens (tertiary/aromatic N) is 1. The van der Waals surface area contributed by atoms with Gasteiger partial charge in [0.2, 0.25) is 0 Å². The van der Waals surface area contributed by atoms with Crippen LogP contribution in [0.25, 0.3) is 0 Å². The number of rotatable bonds is 40. The molecule has 0 saturated carbocycles. The Morgan fingerprint density at radius 2 is 0.944 bits per heavy atom. The van der Waals surface area contributed by atoms with E-state index in [9.17, 15) is 19.0 Å². The van der Waals surface area contributed by atoms with Gasteiger partial charge in [0.05, 0.1) is 27.7 Å². The van der Waals surface area contributed by atoms with E-state index in [1.54, 1.807) is 0 Å². The first-order valence-corrected chi connectivity index (χ1v) is 23.6. The van der Waals surface area contributed by atoms with Crippen LogP contribution in [-0.4, -0.2) is 74.9 Å². The van der Waals surface area contributed by atoms with E-state index in [4.69, 9.17) is 18.5 Å². The molecule has 318 valence electrons. The Labute approximate surface area is 332 Å². The molecule has 2 atom stereocenters. The molecule has 0 aliphatic carbocycles. The second-order valence-electron chi connectivity index (χ2n) is 16.1. The summed E-state index contributed by atoms with van der Waals surface area (Å²) in [6.07, 6.45) is 39.3. The summed E-state index contributed by atoms with van der Waals surface area (Å²) in [7, 11) is 1.47. The zero-order valence-electron chi connectivity index (χ0n) is 35.7. The number of carbonyl (C=O) groups is 2. The Hall–Kier alpha value is -1.51. The summed E-state index contributed by atoms with van der Waals surface area (Å²) in [5.41, 5.74) is 0. The minimum atomic E-state index is -4.38. The first-order chi connectivity index (χ1) is 26.0. The molecular weight excluding hydrogens is 701 g/mol. The zero-order valence-corrected chi connectivity index (χ0v) is 36.6. The number of hydrogen-bond donors (Lipinski definition) is 1. The van der Waals surface area contributed by atoms with Crippen LogP contribution >= 0.6 is 7.82 Å². The van der Waals surface area contributed by atoms with E-state index in [1.165, 1.54) is 89.9 Å². The molecule has 0 aromatic rings. The average molecular weight is 787 g/mol. The van der Waals surface area contributed by atoms with Gasteiger partial charge in [-0.2, -0.15) is 0 Å². The second kappa shape index (κ2) is 37.1. The summed E-state index contributed by atoms with van der Waals surface area (Å²) in [6.45, 7) is 4.40. The molecule has 0 saturated heterocycles. The molecular formula is C44H85NO8P+. The highest BCUT2D eigenvalue weighted by atomic mass is 31.2. The van der Waals surface area contributed by atoms with E-state index < -0.39 is 26.5 Å². The highest BCUT2D eigenvalue weighted by molar-refractivity contribution is 7.47. The number of likely N-dealkylation sites (N-methyl/N-ethyl adjacent to an activating group) is 1. The van der Waals surface area contributed by atoms with E-state index in [0.717, 1.165) is 70.6 Å². The molecule has 1 N–H and O–H groups in total. The Kier molecular flexibility index (Phi) is 36.1. The molecule has 0 amide bonds. The van der Waals surface area contributed by atoms with Gasteiger partial charge in [0.25, 0.3) is 0 Å². The van der Waals surface area contributed by atoms with E-state index in [2.05, 4.69) is 38.2 Å². The third-order valence-corrected chi connectivity index (χ3v) is 10.4. The van der Waals surface area contributed by atoms with E-state index in [1.807, 2.05) is 21.1 Å². The molecule has 0 aromatic heterocycles. The number of quaternary nitrogens is 1. The van der Waals surface area contributed by atoms with Crippen molar-refractivity contribution >= 4 is 19.8 Å². The van der Waals surface area contributed by atoms with Crippen molar-refractivity contribution in [3.8, 4) is 0 Å². The lowest BCUT2D eigenvalue weighted by atomic mass is 10.1. The molecule has 0 aliphatic heterocycles. The van der Waals surface area contributed by atoms with Gasteiger partial charge in [0, 0.05) is 12.8 Å². The van der Waals surface area contributed by atoms with Gasteiger partial charge in [-0.3, -0.25) is 18.6 Å². The van der Waals surface area contributed by atoms with Crippen molar-refractivity contribution in [3.63, 3.8) is 0 Å². The summed E-state index contributed by atoms with van der Waals surface area (Å²) in [5.74, 6) is -0.821. The number of hydrogen-bond acceptors (Lipinski definition) is 7. The van der Waals surface area contributed by atoms with Crippen molar-refractivity contribution in [2.45, 2.75) is 200 Å². The molecule has 0 bridgehead atoms. The normalized spacial score (nSPS) is 13.8. The van der Waals surface area contributed by atoms with Crippen molar-refractivity contribution in [1.29, 1.82) is 0 Å². The number of phosphoric acid groups is 1. The maximum absolute atomic E-state index is 12.7. The quantitative estimate of drug-likeness (QED) is 0.0215. The third kappa shape index (κ3) is 40.2. The van der Waals surface area contributed by atoms with Crippen molar-refractivity contribution in [1.82, 2.24) is 0 Å². The summed E-state index contributed by atoms with van der Waals surface area (Å²) in [6, 6.07) is 0. The van der Waals surface area contributed by atoms with Crippen LogP contribution < -0.4 is 0 Å². The van der Waals surface area contributed by atoms with E-state index in [0.29, 0.717) is 17.4 Å². The molecule has 0 radical (unpaired) electrons. The largest absolute Gasteiger partial charge is 0.472 e. The summed E-state index contributed by atoms with van der Waals surface area (Å²) in [5, 5.41) is 0. The van der Waals surface area contributed by atoms with Crippen LogP contribution in [0, 0.1) is 0 Å². The van der Waals surface area contributed by atoms with E-state index >= 15 is 0 Å². The van der Waals surface area contributed by atoms with Crippen molar-refractivity contribution in [2.75, 3.05) is 47.5 Å². The average Bonchev–Trinajstić information content (AvgIpc) is 3.12. The zero-order chi connectivity index (χ0) is 40.0. The molecule has 0 aromatic carbocycles. The van der Waals surface area contributed by atoms with Gasteiger partial charge in [-0.25, -0.2) is 4.57 Å². The lowest BCUT2D eigenvalue weighted by molar-refractivity contribution is -0.870. The van der Waals surface area contributed by atoms with Crippen LogP contribution in [0.4, 0.5) is 0 Å². The lowest BCUT2D eigenvalue weighted by Gasteiger charge is -2.24. The number of phosphoric ester groups is 1. The fraction of sp³-hybridized carbons (Fsp3) is 0.864. The Bertz CT molecular complexity index is 980.